The number of esters is 1. The van der Waals surface area contributed by atoms with Crippen LogP contribution >= 0.6 is 0 Å². The minimum atomic E-state index is -0.584. The monoisotopic (exact) mass is 355 g/mol. The molecule has 0 atom stereocenters. The lowest BCUT2D eigenvalue weighted by molar-refractivity contribution is -0.149. The number of amides is 1. The molecule has 0 spiro atoms. The van der Waals surface area contributed by atoms with Gasteiger partial charge in [-0.25, -0.2) is 4.79 Å². The Labute approximate surface area is 154 Å². The van der Waals surface area contributed by atoms with Crippen molar-refractivity contribution in [2.75, 3.05) is 18.5 Å². The molecule has 0 aliphatic rings. The predicted molar refractivity (Wildman–Crippen MR) is 102 cm³/mol. The Balaban J connectivity index is 1.83. The molecule has 0 bridgehead atoms. The first-order valence-electron chi connectivity index (χ1n) is 8.64. The van der Waals surface area contributed by atoms with E-state index in [9.17, 15) is 9.59 Å². The van der Waals surface area contributed by atoms with Gasteiger partial charge in [-0.3, -0.25) is 4.79 Å². The van der Waals surface area contributed by atoms with Crippen LogP contribution in [-0.4, -0.2) is 25.1 Å². The quantitative estimate of drug-likeness (QED) is 0.769. The number of hydrogen-bond acceptors (Lipinski definition) is 4. The van der Waals surface area contributed by atoms with Crippen molar-refractivity contribution >= 4 is 17.6 Å². The first-order chi connectivity index (χ1) is 12.4. The summed E-state index contributed by atoms with van der Waals surface area (Å²) in [6.07, 6.45) is 0.806. The highest BCUT2D eigenvalue weighted by Gasteiger charge is 2.12. The summed E-state index contributed by atoms with van der Waals surface area (Å²) in [7, 11) is 0. The minimum Gasteiger partial charge on any atom is -0.482 e. The molecule has 1 amide bonds. The Morgan fingerprint density at radius 2 is 1.69 bits per heavy atom. The van der Waals surface area contributed by atoms with Gasteiger partial charge in [-0.15, -0.1) is 0 Å². The average molecular weight is 355 g/mol. The zero-order chi connectivity index (χ0) is 19.1. The number of carbonyl (C=O) groups excluding carboxylic acids is 2. The van der Waals surface area contributed by atoms with Gasteiger partial charge in [-0.05, 0) is 61.6 Å². The topological polar surface area (TPSA) is 64.6 Å². The van der Waals surface area contributed by atoms with E-state index in [-0.39, 0.29) is 19.1 Å². The van der Waals surface area contributed by atoms with Gasteiger partial charge in [-0.2, -0.15) is 0 Å². The van der Waals surface area contributed by atoms with E-state index in [1.165, 1.54) is 0 Å². The molecule has 2 rings (SSSR count). The van der Waals surface area contributed by atoms with Crippen LogP contribution in [0.4, 0.5) is 5.69 Å². The van der Waals surface area contributed by atoms with Crippen molar-refractivity contribution in [3.05, 3.63) is 58.7 Å². The summed E-state index contributed by atoms with van der Waals surface area (Å²) in [5.74, 6) is -0.343. The van der Waals surface area contributed by atoms with Gasteiger partial charge in [0.2, 0.25) is 0 Å². The Bertz CT molecular complexity index is 778. The molecule has 2 aromatic carbocycles. The normalized spacial score (nSPS) is 10.3. The van der Waals surface area contributed by atoms with Gasteiger partial charge in [0.25, 0.3) is 5.91 Å². The molecule has 138 valence electrons. The Hall–Kier alpha value is -2.82. The third-order valence-electron chi connectivity index (χ3n) is 3.92. The fraction of sp³-hybridized carbons (Fsp3) is 0.333. The third kappa shape index (κ3) is 5.62. The summed E-state index contributed by atoms with van der Waals surface area (Å²) >= 11 is 0. The molecule has 0 aliphatic carbocycles. The molecule has 5 heteroatoms. The van der Waals surface area contributed by atoms with E-state index in [2.05, 4.69) is 5.32 Å². The van der Waals surface area contributed by atoms with E-state index >= 15 is 0 Å². The number of aryl methyl sites for hydroxylation is 4. The standard InChI is InChI=1S/C21H25NO4/c1-5-17-8-6-7-16(4)21(17)22-19(23)12-26-20(24)13-25-18-10-14(2)9-15(3)11-18/h6-11H,5,12-13H2,1-4H3,(H,22,23). The molecule has 0 heterocycles. The van der Waals surface area contributed by atoms with Crippen molar-refractivity contribution in [3.63, 3.8) is 0 Å². The van der Waals surface area contributed by atoms with Gasteiger partial charge in [-0.1, -0.05) is 31.2 Å². The summed E-state index contributed by atoms with van der Waals surface area (Å²) in [5, 5.41) is 2.82. The SMILES string of the molecule is CCc1cccc(C)c1NC(=O)COC(=O)COc1cc(C)cc(C)c1. The summed E-state index contributed by atoms with van der Waals surface area (Å²) in [4.78, 5) is 23.9. The number of rotatable bonds is 7. The minimum absolute atomic E-state index is 0.235. The molecule has 2 aromatic rings. The molecule has 0 saturated heterocycles. The molecule has 26 heavy (non-hydrogen) atoms. The summed E-state index contributed by atoms with van der Waals surface area (Å²) < 4.78 is 10.4. The summed E-state index contributed by atoms with van der Waals surface area (Å²) in [6, 6.07) is 11.6. The van der Waals surface area contributed by atoms with E-state index in [0.29, 0.717) is 5.75 Å². The third-order valence-corrected chi connectivity index (χ3v) is 3.92. The zero-order valence-corrected chi connectivity index (χ0v) is 15.7. The highest BCUT2D eigenvalue weighted by Crippen LogP contribution is 2.21. The van der Waals surface area contributed by atoms with E-state index in [1.807, 2.05) is 64.1 Å². The van der Waals surface area contributed by atoms with Crippen LogP contribution in [0.2, 0.25) is 0 Å². The van der Waals surface area contributed by atoms with Crippen LogP contribution in [0.1, 0.15) is 29.2 Å². The fourth-order valence-corrected chi connectivity index (χ4v) is 2.72. The number of para-hydroxylation sites is 1. The maximum Gasteiger partial charge on any atom is 0.344 e. The van der Waals surface area contributed by atoms with Gasteiger partial charge in [0.1, 0.15) is 5.75 Å². The Morgan fingerprint density at radius 3 is 2.35 bits per heavy atom. The molecular formula is C21H25NO4. The maximum absolute atomic E-state index is 12.1. The Kier molecular flexibility index (Phi) is 6.78. The first kappa shape index (κ1) is 19.5. The van der Waals surface area contributed by atoms with E-state index in [0.717, 1.165) is 34.4 Å². The molecule has 0 saturated carbocycles. The van der Waals surface area contributed by atoms with Gasteiger partial charge in [0.15, 0.2) is 13.2 Å². The van der Waals surface area contributed by atoms with E-state index in [1.54, 1.807) is 0 Å². The van der Waals surface area contributed by atoms with Crippen molar-refractivity contribution in [1.82, 2.24) is 0 Å². The second kappa shape index (κ2) is 9.04. The summed E-state index contributed by atoms with van der Waals surface area (Å²) in [6.45, 7) is 7.29. The van der Waals surface area contributed by atoms with Crippen molar-refractivity contribution in [2.24, 2.45) is 0 Å². The molecule has 0 fully saturated rings. The first-order valence-corrected chi connectivity index (χ1v) is 8.64. The number of anilines is 1. The van der Waals surface area contributed by atoms with Crippen molar-refractivity contribution in [2.45, 2.75) is 34.1 Å². The largest absolute Gasteiger partial charge is 0.482 e. The van der Waals surface area contributed by atoms with Crippen LogP contribution in [0.15, 0.2) is 36.4 Å². The molecular weight excluding hydrogens is 330 g/mol. The smallest absolute Gasteiger partial charge is 0.344 e. The van der Waals surface area contributed by atoms with E-state index < -0.39 is 5.97 Å². The molecule has 0 unspecified atom stereocenters. The lowest BCUT2D eigenvalue weighted by Gasteiger charge is -2.13. The zero-order valence-electron chi connectivity index (χ0n) is 15.7. The lowest BCUT2D eigenvalue weighted by atomic mass is 10.1. The molecule has 0 aliphatic heterocycles. The van der Waals surface area contributed by atoms with Gasteiger partial charge < -0.3 is 14.8 Å². The highest BCUT2D eigenvalue weighted by molar-refractivity contribution is 5.94. The van der Waals surface area contributed by atoms with Crippen molar-refractivity contribution in [3.8, 4) is 5.75 Å². The lowest BCUT2D eigenvalue weighted by Crippen LogP contribution is -2.24. The maximum atomic E-state index is 12.1. The van der Waals surface area contributed by atoms with Crippen LogP contribution in [-0.2, 0) is 20.7 Å². The molecule has 0 radical (unpaired) electrons. The second-order valence-corrected chi connectivity index (χ2v) is 6.28. The van der Waals surface area contributed by atoms with Crippen LogP contribution in [0.3, 0.4) is 0 Å². The molecule has 1 N–H and O–H groups in total. The van der Waals surface area contributed by atoms with Crippen LogP contribution < -0.4 is 10.1 Å². The predicted octanol–water partition coefficient (Wildman–Crippen LogP) is 3.73. The Morgan fingerprint density at radius 1 is 1.00 bits per heavy atom. The highest BCUT2D eigenvalue weighted by atomic mass is 16.6. The second-order valence-electron chi connectivity index (χ2n) is 6.28. The van der Waals surface area contributed by atoms with Gasteiger partial charge in [0, 0.05) is 5.69 Å². The van der Waals surface area contributed by atoms with Gasteiger partial charge in [0.05, 0.1) is 0 Å². The fourth-order valence-electron chi connectivity index (χ4n) is 2.72. The number of hydrogen-bond donors (Lipinski definition) is 1. The van der Waals surface area contributed by atoms with E-state index in [4.69, 9.17) is 9.47 Å². The van der Waals surface area contributed by atoms with Crippen LogP contribution in [0.5, 0.6) is 5.75 Å². The van der Waals surface area contributed by atoms with Crippen LogP contribution in [0.25, 0.3) is 0 Å². The average Bonchev–Trinajstić information content (AvgIpc) is 2.59. The number of carbonyl (C=O) groups is 2. The van der Waals surface area contributed by atoms with Gasteiger partial charge >= 0.3 is 5.97 Å². The summed E-state index contributed by atoms with van der Waals surface area (Å²) in [5.41, 5.74) is 4.91. The number of nitrogens with one attached hydrogen (secondary N) is 1. The number of benzene rings is 2. The molecule has 5 nitrogen and oxygen atoms in total. The van der Waals surface area contributed by atoms with Crippen LogP contribution in [0, 0.1) is 20.8 Å². The molecule has 0 aromatic heterocycles. The number of ether oxygens (including phenoxy) is 2. The van der Waals surface area contributed by atoms with Crippen molar-refractivity contribution in [1.29, 1.82) is 0 Å². The van der Waals surface area contributed by atoms with Crippen molar-refractivity contribution < 1.29 is 19.1 Å².